The first-order valence-corrected chi connectivity index (χ1v) is 8.35. The third-order valence-electron chi connectivity index (χ3n) is 3.87. The van der Waals surface area contributed by atoms with Gasteiger partial charge in [-0.1, -0.05) is 0 Å². The lowest BCUT2D eigenvalue weighted by Gasteiger charge is -2.23. The number of sulfonamides is 1. The molecular formula is C14H15F2N3O2S. The number of aromatic nitrogens is 2. The molecule has 1 aromatic heterocycles. The summed E-state index contributed by atoms with van der Waals surface area (Å²) in [7, 11) is -2.12. The minimum atomic E-state index is -3.93. The van der Waals surface area contributed by atoms with E-state index in [1.165, 1.54) is 0 Å². The Labute approximate surface area is 127 Å². The molecule has 1 aromatic carbocycles. The number of benzene rings is 1. The summed E-state index contributed by atoms with van der Waals surface area (Å²) in [5, 5.41) is 4.15. The van der Waals surface area contributed by atoms with Gasteiger partial charge in [0.25, 0.3) is 0 Å². The molecule has 0 radical (unpaired) electrons. The van der Waals surface area contributed by atoms with Crippen LogP contribution in [0.2, 0.25) is 0 Å². The van der Waals surface area contributed by atoms with Gasteiger partial charge in [0.05, 0.1) is 17.1 Å². The fraction of sp³-hybridized carbons (Fsp3) is 0.357. The van der Waals surface area contributed by atoms with Gasteiger partial charge in [-0.05, 0) is 37.5 Å². The Kier molecular flexibility index (Phi) is 3.73. The number of hydrogen-bond donors (Lipinski definition) is 1. The molecule has 5 nitrogen and oxygen atoms in total. The van der Waals surface area contributed by atoms with E-state index in [4.69, 9.17) is 0 Å². The smallest absolute Gasteiger partial charge is 0.241 e. The number of hydrogen-bond acceptors (Lipinski definition) is 3. The lowest BCUT2D eigenvalue weighted by atomic mass is 9.94. The minimum Gasteiger partial charge on any atom is -0.272 e. The van der Waals surface area contributed by atoms with Crippen LogP contribution in [-0.2, 0) is 23.5 Å². The number of rotatable bonds is 3. The van der Waals surface area contributed by atoms with Crippen molar-refractivity contribution in [3.63, 3.8) is 0 Å². The van der Waals surface area contributed by atoms with Gasteiger partial charge in [-0.3, -0.25) is 4.68 Å². The van der Waals surface area contributed by atoms with Crippen molar-refractivity contribution in [3.05, 3.63) is 47.3 Å². The molecule has 22 heavy (non-hydrogen) atoms. The Bertz CT molecular complexity index is 817. The van der Waals surface area contributed by atoms with Gasteiger partial charge >= 0.3 is 0 Å². The zero-order chi connectivity index (χ0) is 15.9. The zero-order valence-electron chi connectivity index (χ0n) is 11.9. The molecule has 1 unspecified atom stereocenters. The van der Waals surface area contributed by atoms with Crippen LogP contribution in [0.5, 0.6) is 0 Å². The Morgan fingerprint density at radius 3 is 2.82 bits per heavy atom. The molecule has 1 heterocycles. The fourth-order valence-electron chi connectivity index (χ4n) is 2.73. The molecular weight excluding hydrogens is 312 g/mol. The molecule has 1 N–H and O–H groups in total. The molecule has 1 atom stereocenters. The molecule has 0 saturated carbocycles. The largest absolute Gasteiger partial charge is 0.272 e. The standard InChI is InChI=1S/C14H15F2N3O2S/c1-19-14-4-2-3-13(10(14)8-17-19)18-22(20,21)9-5-6-11(15)12(16)7-9/h5-8,13,18H,2-4H2,1H3. The molecule has 2 aromatic rings. The summed E-state index contributed by atoms with van der Waals surface area (Å²) >= 11 is 0. The molecule has 1 aliphatic rings. The van der Waals surface area contributed by atoms with Crippen molar-refractivity contribution in [1.82, 2.24) is 14.5 Å². The van der Waals surface area contributed by atoms with E-state index in [2.05, 4.69) is 9.82 Å². The van der Waals surface area contributed by atoms with Crippen molar-refractivity contribution >= 4 is 10.0 Å². The van der Waals surface area contributed by atoms with Gasteiger partial charge in [-0.25, -0.2) is 21.9 Å². The first kappa shape index (κ1) is 15.1. The Morgan fingerprint density at radius 2 is 2.09 bits per heavy atom. The monoisotopic (exact) mass is 327 g/mol. The molecule has 3 rings (SSSR count). The van der Waals surface area contributed by atoms with Crippen molar-refractivity contribution in [2.75, 3.05) is 0 Å². The highest BCUT2D eigenvalue weighted by Crippen LogP contribution is 2.30. The van der Waals surface area contributed by atoms with E-state index in [0.717, 1.165) is 36.2 Å². The molecule has 0 aliphatic heterocycles. The zero-order valence-corrected chi connectivity index (χ0v) is 12.7. The van der Waals surface area contributed by atoms with Crippen molar-refractivity contribution < 1.29 is 17.2 Å². The van der Waals surface area contributed by atoms with Crippen LogP contribution in [-0.4, -0.2) is 18.2 Å². The predicted octanol–water partition coefficient (Wildman–Crippen LogP) is 2.05. The van der Waals surface area contributed by atoms with Crippen LogP contribution < -0.4 is 4.72 Å². The van der Waals surface area contributed by atoms with Gasteiger partial charge < -0.3 is 0 Å². The van der Waals surface area contributed by atoms with E-state index in [0.29, 0.717) is 12.5 Å². The van der Waals surface area contributed by atoms with Crippen molar-refractivity contribution in [2.45, 2.75) is 30.2 Å². The van der Waals surface area contributed by atoms with Gasteiger partial charge in [0.2, 0.25) is 10.0 Å². The third-order valence-corrected chi connectivity index (χ3v) is 5.34. The molecule has 1 aliphatic carbocycles. The Balaban J connectivity index is 1.90. The Hall–Kier alpha value is -1.80. The molecule has 118 valence electrons. The average Bonchev–Trinajstić information content (AvgIpc) is 2.84. The molecule has 8 heteroatoms. The normalized spacial score (nSPS) is 18.2. The topological polar surface area (TPSA) is 64.0 Å². The number of nitrogens with zero attached hydrogens (tertiary/aromatic N) is 2. The quantitative estimate of drug-likeness (QED) is 0.938. The second-order valence-corrected chi connectivity index (χ2v) is 7.03. The third kappa shape index (κ3) is 2.64. The highest BCUT2D eigenvalue weighted by Gasteiger charge is 2.28. The Morgan fingerprint density at radius 1 is 1.32 bits per heavy atom. The van der Waals surface area contributed by atoms with E-state index >= 15 is 0 Å². The molecule has 0 saturated heterocycles. The summed E-state index contributed by atoms with van der Waals surface area (Å²) < 4.78 is 55.2. The maximum absolute atomic E-state index is 13.2. The number of aryl methyl sites for hydroxylation is 1. The number of halogens is 2. The van der Waals surface area contributed by atoms with Gasteiger partial charge in [0.15, 0.2) is 11.6 Å². The summed E-state index contributed by atoms with van der Waals surface area (Å²) in [6.45, 7) is 0. The van der Waals surface area contributed by atoms with E-state index in [-0.39, 0.29) is 4.90 Å². The first-order chi connectivity index (χ1) is 10.4. The van der Waals surface area contributed by atoms with Crippen LogP contribution in [0.1, 0.15) is 30.1 Å². The SMILES string of the molecule is Cn1ncc2c1CCCC2NS(=O)(=O)c1ccc(F)c(F)c1. The summed E-state index contributed by atoms with van der Waals surface area (Å²) in [5.74, 6) is -2.26. The van der Waals surface area contributed by atoms with E-state index in [9.17, 15) is 17.2 Å². The van der Waals surface area contributed by atoms with Crippen molar-refractivity contribution in [3.8, 4) is 0 Å². The van der Waals surface area contributed by atoms with Gasteiger partial charge in [0.1, 0.15) is 0 Å². The van der Waals surface area contributed by atoms with Crippen LogP contribution in [0, 0.1) is 11.6 Å². The van der Waals surface area contributed by atoms with E-state index in [1.807, 2.05) is 7.05 Å². The summed E-state index contributed by atoms with van der Waals surface area (Å²) in [6, 6.07) is 2.13. The summed E-state index contributed by atoms with van der Waals surface area (Å²) in [4.78, 5) is -0.289. The van der Waals surface area contributed by atoms with Gasteiger partial charge in [0, 0.05) is 18.3 Å². The second kappa shape index (κ2) is 5.44. The molecule has 0 bridgehead atoms. The maximum atomic E-state index is 13.2. The second-order valence-electron chi connectivity index (χ2n) is 5.31. The molecule has 0 amide bonds. The summed E-state index contributed by atoms with van der Waals surface area (Å²) in [6.07, 6.45) is 3.96. The minimum absolute atomic E-state index is 0.289. The van der Waals surface area contributed by atoms with Crippen LogP contribution in [0.25, 0.3) is 0 Å². The predicted molar refractivity (Wildman–Crippen MR) is 75.6 cm³/mol. The number of fused-ring (bicyclic) bond motifs is 1. The number of nitrogens with one attached hydrogen (secondary N) is 1. The van der Waals surface area contributed by atoms with Crippen LogP contribution in [0.3, 0.4) is 0 Å². The van der Waals surface area contributed by atoms with Gasteiger partial charge in [-0.2, -0.15) is 5.10 Å². The molecule has 0 spiro atoms. The maximum Gasteiger partial charge on any atom is 0.241 e. The first-order valence-electron chi connectivity index (χ1n) is 6.86. The van der Waals surface area contributed by atoms with Crippen LogP contribution in [0.4, 0.5) is 8.78 Å². The van der Waals surface area contributed by atoms with E-state index in [1.54, 1.807) is 10.9 Å². The van der Waals surface area contributed by atoms with E-state index < -0.39 is 27.7 Å². The lowest BCUT2D eigenvalue weighted by molar-refractivity contribution is 0.492. The molecule has 0 fully saturated rings. The highest BCUT2D eigenvalue weighted by atomic mass is 32.2. The summed E-state index contributed by atoms with van der Waals surface area (Å²) in [5.41, 5.74) is 1.82. The van der Waals surface area contributed by atoms with Crippen LogP contribution >= 0.6 is 0 Å². The lowest BCUT2D eigenvalue weighted by Crippen LogP contribution is -2.31. The van der Waals surface area contributed by atoms with Gasteiger partial charge in [-0.15, -0.1) is 0 Å². The van der Waals surface area contributed by atoms with Crippen LogP contribution in [0.15, 0.2) is 29.3 Å². The van der Waals surface area contributed by atoms with Crippen molar-refractivity contribution in [1.29, 1.82) is 0 Å². The van der Waals surface area contributed by atoms with Crippen molar-refractivity contribution in [2.24, 2.45) is 7.05 Å². The fourth-order valence-corrected chi connectivity index (χ4v) is 3.99. The highest BCUT2D eigenvalue weighted by molar-refractivity contribution is 7.89. The average molecular weight is 327 g/mol.